The maximum absolute atomic E-state index is 12.5. The predicted octanol–water partition coefficient (Wildman–Crippen LogP) is 3.34. The molecule has 1 saturated heterocycles. The molecule has 1 aliphatic rings. The van der Waals surface area contributed by atoms with E-state index in [4.69, 9.17) is 5.73 Å². The van der Waals surface area contributed by atoms with Crippen LogP contribution >= 0.6 is 12.4 Å². The molecular formula is C21H28ClN3O. The summed E-state index contributed by atoms with van der Waals surface area (Å²) in [6.45, 7) is 6.10. The van der Waals surface area contributed by atoms with E-state index >= 15 is 0 Å². The summed E-state index contributed by atoms with van der Waals surface area (Å²) >= 11 is 0. The molecule has 4 nitrogen and oxygen atoms in total. The van der Waals surface area contributed by atoms with Gasteiger partial charge in [-0.25, -0.2) is 0 Å². The summed E-state index contributed by atoms with van der Waals surface area (Å²) in [5, 5.41) is 3.10. The summed E-state index contributed by atoms with van der Waals surface area (Å²) in [6, 6.07) is 16.6. The van der Waals surface area contributed by atoms with Crippen molar-refractivity contribution >= 4 is 24.0 Å². The third-order valence-corrected chi connectivity index (χ3v) is 5.04. The van der Waals surface area contributed by atoms with E-state index in [-0.39, 0.29) is 24.4 Å². The van der Waals surface area contributed by atoms with Crippen molar-refractivity contribution in [3.05, 3.63) is 65.2 Å². The number of rotatable bonds is 5. The number of benzene rings is 2. The van der Waals surface area contributed by atoms with Crippen molar-refractivity contribution in [1.29, 1.82) is 0 Å². The molecule has 3 N–H and O–H groups in total. The number of likely N-dealkylation sites (tertiary alicyclic amines) is 1. The van der Waals surface area contributed by atoms with E-state index in [1.54, 1.807) is 0 Å². The van der Waals surface area contributed by atoms with Crippen LogP contribution in [0.25, 0.3) is 0 Å². The minimum atomic E-state index is 0. The van der Waals surface area contributed by atoms with E-state index < -0.39 is 0 Å². The summed E-state index contributed by atoms with van der Waals surface area (Å²) in [5.41, 5.74) is 10.8. The Bertz CT molecular complexity index is 735. The monoisotopic (exact) mass is 373 g/mol. The Hall–Kier alpha value is -1.88. The van der Waals surface area contributed by atoms with Crippen molar-refractivity contribution in [3.63, 3.8) is 0 Å². The van der Waals surface area contributed by atoms with Crippen LogP contribution in [0.15, 0.2) is 48.5 Å². The highest BCUT2D eigenvalue weighted by atomic mass is 35.5. The summed E-state index contributed by atoms with van der Waals surface area (Å²) in [6.07, 6.45) is 0.905. The minimum absolute atomic E-state index is 0. The second kappa shape index (κ2) is 9.17. The van der Waals surface area contributed by atoms with Crippen molar-refractivity contribution in [2.75, 3.05) is 25.0 Å². The van der Waals surface area contributed by atoms with Gasteiger partial charge in [0.15, 0.2) is 0 Å². The first-order valence-electron chi connectivity index (χ1n) is 8.99. The average Bonchev–Trinajstić information content (AvgIpc) is 2.97. The Morgan fingerprint density at radius 3 is 2.58 bits per heavy atom. The normalized spacial score (nSPS) is 19.8. The largest absolute Gasteiger partial charge is 0.326 e. The van der Waals surface area contributed by atoms with Gasteiger partial charge in [0.25, 0.3) is 0 Å². The molecule has 5 heteroatoms. The van der Waals surface area contributed by atoms with Gasteiger partial charge in [0.2, 0.25) is 5.91 Å². The third-order valence-electron chi connectivity index (χ3n) is 5.04. The zero-order valence-electron chi connectivity index (χ0n) is 15.4. The van der Waals surface area contributed by atoms with Crippen LogP contribution in [0.3, 0.4) is 0 Å². The number of hydrogen-bond donors (Lipinski definition) is 2. The summed E-state index contributed by atoms with van der Waals surface area (Å²) < 4.78 is 0. The van der Waals surface area contributed by atoms with E-state index in [0.717, 1.165) is 30.8 Å². The van der Waals surface area contributed by atoms with Gasteiger partial charge >= 0.3 is 0 Å². The quantitative estimate of drug-likeness (QED) is 0.845. The van der Waals surface area contributed by atoms with E-state index in [1.807, 2.05) is 37.3 Å². The highest BCUT2D eigenvalue weighted by Crippen LogP contribution is 2.26. The Kier molecular flexibility index (Phi) is 7.21. The van der Waals surface area contributed by atoms with Crippen molar-refractivity contribution in [3.8, 4) is 0 Å². The highest BCUT2D eigenvalue weighted by Gasteiger charge is 2.32. The Morgan fingerprint density at radius 1 is 1.15 bits per heavy atom. The van der Waals surface area contributed by atoms with Crippen LogP contribution in [0, 0.1) is 6.92 Å². The lowest BCUT2D eigenvalue weighted by atomic mass is 9.95. The number of carbonyl (C=O) groups is 1. The van der Waals surface area contributed by atoms with Crippen molar-refractivity contribution in [2.24, 2.45) is 5.73 Å². The van der Waals surface area contributed by atoms with Gasteiger partial charge in [0, 0.05) is 30.7 Å². The number of nitrogens with two attached hydrogens (primary N) is 1. The molecule has 0 aromatic heterocycles. The van der Waals surface area contributed by atoms with E-state index in [9.17, 15) is 4.79 Å². The van der Waals surface area contributed by atoms with Gasteiger partial charge in [0.05, 0.1) is 6.54 Å². The lowest BCUT2D eigenvalue weighted by molar-refractivity contribution is -0.117. The lowest BCUT2D eigenvalue weighted by Crippen LogP contribution is -2.34. The number of anilines is 1. The smallest absolute Gasteiger partial charge is 0.238 e. The van der Waals surface area contributed by atoms with Crippen LogP contribution in [0.5, 0.6) is 0 Å². The molecule has 3 rings (SSSR count). The van der Waals surface area contributed by atoms with E-state index in [2.05, 4.69) is 35.3 Å². The number of para-hydroxylation sites is 1. The Labute approximate surface area is 162 Å². The molecule has 1 heterocycles. The number of nitrogens with one attached hydrogen (secondary N) is 1. The average molecular weight is 374 g/mol. The Morgan fingerprint density at radius 2 is 1.88 bits per heavy atom. The highest BCUT2D eigenvalue weighted by molar-refractivity contribution is 5.93. The van der Waals surface area contributed by atoms with Gasteiger partial charge in [-0.05, 0) is 30.0 Å². The van der Waals surface area contributed by atoms with Crippen LogP contribution in [-0.2, 0) is 11.2 Å². The fourth-order valence-electron chi connectivity index (χ4n) is 3.68. The minimum Gasteiger partial charge on any atom is -0.326 e. The maximum atomic E-state index is 12.5. The van der Waals surface area contributed by atoms with Crippen molar-refractivity contribution in [1.82, 2.24) is 4.90 Å². The predicted molar refractivity (Wildman–Crippen MR) is 110 cm³/mol. The zero-order chi connectivity index (χ0) is 17.8. The van der Waals surface area contributed by atoms with Crippen LogP contribution in [0.4, 0.5) is 5.69 Å². The van der Waals surface area contributed by atoms with Crippen LogP contribution in [-0.4, -0.2) is 36.5 Å². The fraction of sp³-hybridized carbons (Fsp3) is 0.381. The second-order valence-electron chi connectivity index (χ2n) is 6.89. The van der Waals surface area contributed by atoms with Gasteiger partial charge < -0.3 is 11.1 Å². The molecule has 0 spiro atoms. The standard InChI is InChI=1S/C21H27N3O.ClH/c1-3-16-11-7-8-15(2)21(16)23-20(25)14-24-12-18(19(22)13-24)17-9-5-4-6-10-17;/h4-11,18-19H,3,12-14,22H2,1-2H3,(H,23,25);1H/t18-,19+;/m0./s1. The molecule has 1 amide bonds. The van der Waals surface area contributed by atoms with Gasteiger partial charge in [-0.15, -0.1) is 12.4 Å². The zero-order valence-corrected chi connectivity index (χ0v) is 16.3. The molecule has 1 aliphatic heterocycles. The van der Waals surface area contributed by atoms with E-state index in [0.29, 0.717) is 12.5 Å². The molecular weight excluding hydrogens is 346 g/mol. The Balaban J connectivity index is 0.00000243. The molecule has 0 saturated carbocycles. The van der Waals surface area contributed by atoms with Gasteiger partial charge in [-0.1, -0.05) is 55.5 Å². The molecule has 0 bridgehead atoms. The summed E-state index contributed by atoms with van der Waals surface area (Å²) in [4.78, 5) is 14.7. The first-order chi connectivity index (χ1) is 12.1. The lowest BCUT2D eigenvalue weighted by Gasteiger charge is -2.18. The molecule has 140 valence electrons. The molecule has 26 heavy (non-hydrogen) atoms. The first-order valence-corrected chi connectivity index (χ1v) is 8.99. The molecule has 2 aromatic rings. The maximum Gasteiger partial charge on any atom is 0.238 e. The number of aryl methyl sites for hydroxylation is 2. The molecule has 1 fully saturated rings. The molecule has 2 atom stereocenters. The first kappa shape index (κ1) is 20.4. The molecule has 0 radical (unpaired) electrons. The SMILES string of the molecule is CCc1cccc(C)c1NC(=O)CN1C[C@@H](N)[C@H](c2ccccc2)C1.Cl. The summed E-state index contributed by atoms with van der Waals surface area (Å²) in [7, 11) is 0. The molecule has 2 aromatic carbocycles. The van der Waals surface area contributed by atoms with Gasteiger partial charge in [0.1, 0.15) is 0 Å². The second-order valence-corrected chi connectivity index (χ2v) is 6.89. The van der Waals surface area contributed by atoms with Crippen molar-refractivity contribution in [2.45, 2.75) is 32.2 Å². The van der Waals surface area contributed by atoms with Crippen LogP contribution in [0.1, 0.15) is 29.5 Å². The number of carbonyl (C=O) groups excluding carboxylic acids is 1. The number of halogens is 1. The van der Waals surface area contributed by atoms with Crippen LogP contribution in [0.2, 0.25) is 0 Å². The third kappa shape index (κ3) is 4.64. The van der Waals surface area contributed by atoms with Gasteiger partial charge in [-0.3, -0.25) is 9.69 Å². The fourth-order valence-corrected chi connectivity index (χ4v) is 3.68. The van der Waals surface area contributed by atoms with E-state index in [1.165, 1.54) is 11.1 Å². The molecule has 0 unspecified atom stereocenters. The molecule has 0 aliphatic carbocycles. The number of nitrogens with zero attached hydrogens (tertiary/aromatic N) is 1. The van der Waals surface area contributed by atoms with Crippen molar-refractivity contribution < 1.29 is 4.79 Å². The number of hydrogen-bond acceptors (Lipinski definition) is 3. The topological polar surface area (TPSA) is 58.4 Å². The number of amides is 1. The summed E-state index contributed by atoms with van der Waals surface area (Å²) in [5.74, 6) is 0.323. The van der Waals surface area contributed by atoms with Crippen LogP contribution < -0.4 is 11.1 Å². The van der Waals surface area contributed by atoms with Gasteiger partial charge in [-0.2, -0.15) is 0 Å².